The molecule has 0 spiro atoms. The molecule has 1 aromatic heterocycles. The van der Waals surface area contributed by atoms with Crippen molar-refractivity contribution in [3.8, 4) is 11.4 Å². The predicted molar refractivity (Wildman–Crippen MR) is 110 cm³/mol. The first-order valence-corrected chi connectivity index (χ1v) is 9.95. The van der Waals surface area contributed by atoms with Gasteiger partial charge in [-0.15, -0.1) is 5.10 Å². The maximum atomic E-state index is 10.3. The number of nitrogens with zero attached hydrogens (tertiary/aromatic N) is 4. The average molecular weight is 392 g/mol. The number of aliphatic hydroxyl groups excluding tert-OH is 1. The van der Waals surface area contributed by atoms with Gasteiger partial charge in [-0.05, 0) is 52.4 Å². The molecular formula is C21H20N4O2S. The molecule has 0 saturated carbocycles. The van der Waals surface area contributed by atoms with Crippen LogP contribution in [0.4, 0.5) is 0 Å². The van der Waals surface area contributed by atoms with Crippen molar-refractivity contribution in [3.63, 3.8) is 0 Å². The van der Waals surface area contributed by atoms with Crippen LogP contribution in [0.25, 0.3) is 16.5 Å². The van der Waals surface area contributed by atoms with Crippen LogP contribution in [-0.4, -0.2) is 43.8 Å². The molecule has 28 heavy (non-hydrogen) atoms. The molecule has 0 aliphatic heterocycles. The van der Waals surface area contributed by atoms with Gasteiger partial charge in [-0.3, -0.25) is 0 Å². The Morgan fingerprint density at radius 3 is 2.64 bits per heavy atom. The van der Waals surface area contributed by atoms with Crippen molar-refractivity contribution in [2.45, 2.75) is 18.2 Å². The molecule has 0 amide bonds. The Morgan fingerprint density at radius 2 is 1.82 bits per heavy atom. The number of hydrogen-bond acceptors (Lipinski definition) is 6. The van der Waals surface area contributed by atoms with Gasteiger partial charge in [0.15, 0.2) is 0 Å². The van der Waals surface area contributed by atoms with Gasteiger partial charge < -0.3 is 9.84 Å². The number of fused-ring (bicyclic) bond motifs is 1. The lowest BCUT2D eigenvalue weighted by atomic mass is 10.1. The first-order chi connectivity index (χ1) is 13.7. The minimum Gasteiger partial charge on any atom is -0.491 e. The molecule has 7 heteroatoms. The maximum absolute atomic E-state index is 10.3. The second kappa shape index (κ2) is 8.41. The quantitative estimate of drug-likeness (QED) is 0.484. The van der Waals surface area contributed by atoms with Crippen molar-refractivity contribution < 1.29 is 9.84 Å². The van der Waals surface area contributed by atoms with Crippen LogP contribution < -0.4 is 4.74 Å². The van der Waals surface area contributed by atoms with E-state index in [0.29, 0.717) is 10.9 Å². The highest BCUT2D eigenvalue weighted by atomic mass is 32.2. The van der Waals surface area contributed by atoms with Gasteiger partial charge in [-0.2, -0.15) is 4.68 Å². The smallest absolute Gasteiger partial charge is 0.214 e. The second-order valence-electron chi connectivity index (χ2n) is 6.49. The van der Waals surface area contributed by atoms with Crippen LogP contribution in [0.2, 0.25) is 0 Å². The number of aromatic nitrogens is 4. The van der Waals surface area contributed by atoms with E-state index in [-0.39, 0.29) is 6.61 Å². The summed E-state index contributed by atoms with van der Waals surface area (Å²) in [5.74, 6) is 1.17. The second-order valence-corrected chi connectivity index (χ2v) is 7.48. The molecule has 1 N–H and O–H groups in total. The number of thioether (sulfide) groups is 1. The SMILES string of the molecule is Cc1ccc(-n2nnnc2SCC(O)COc2ccc3ccccc3c2)cc1. The van der Waals surface area contributed by atoms with E-state index < -0.39 is 6.10 Å². The number of aryl methyl sites for hydroxylation is 1. The van der Waals surface area contributed by atoms with E-state index >= 15 is 0 Å². The van der Waals surface area contributed by atoms with Crippen molar-refractivity contribution in [2.75, 3.05) is 12.4 Å². The first-order valence-electron chi connectivity index (χ1n) is 8.97. The Morgan fingerprint density at radius 1 is 1.04 bits per heavy atom. The summed E-state index contributed by atoms with van der Waals surface area (Å²) in [5, 5.41) is 25.0. The number of hydrogen-bond donors (Lipinski definition) is 1. The van der Waals surface area contributed by atoms with Crippen molar-refractivity contribution in [1.82, 2.24) is 20.2 Å². The molecule has 0 radical (unpaired) electrons. The Balaban J connectivity index is 1.34. The van der Waals surface area contributed by atoms with E-state index in [1.54, 1.807) is 4.68 Å². The summed E-state index contributed by atoms with van der Waals surface area (Å²) < 4.78 is 7.42. The van der Waals surface area contributed by atoms with Gasteiger partial charge in [0, 0.05) is 5.75 Å². The van der Waals surface area contributed by atoms with Gasteiger partial charge >= 0.3 is 0 Å². The molecule has 0 fully saturated rings. The largest absolute Gasteiger partial charge is 0.491 e. The van der Waals surface area contributed by atoms with Crippen molar-refractivity contribution in [1.29, 1.82) is 0 Å². The zero-order valence-electron chi connectivity index (χ0n) is 15.4. The molecule has 3 aromatic carbocycles. The van der Waals surface area contributed by atoms with E-state index in [1.165, 1.54) is 17.3 Å². The highest BCUT2D eigenvalue weighted by molar-refractivity contribution is 7.99. The number of ether oxygens (including phenoxy) is 1. The molecular weight excluding hydrogens is 372 g/mol. The minimum absolute atomic E-state index is 0.206. The highest BCUT2D eigenvalue weighted by Gasteiger charge is 2.13. The highest BCUT2D eigenvalue weighted by Crippen LogP contribution is 2.22. The molecule has 4 rings (SSSR count). The normalized spacial score (nSPS) is 12.2. The fourth-order valence-corrected chi connectivity index (χ4v) is 3.58. The fourth-order valence-electron chi connectivity index (χ4n) is 2.79. The van der Waals surface area contributed by atoms with Gasteiger partial charge in [-0.25, -0.2) is 0 Å². The summed E-state index contributed by atoms with van der Waals surface area (Å²) in [6.45, 7) is 2.24. The van der Waals surface area contributed by atoms with Gasteiger partial charge in [0.1, 0.15) is 12.4 Å². The number of benzene rings is 3. The molecule has 1 unspecified atom stereocenters. The van der Waals surface area contributed by atoms with Crippen LogP contribution in [0.3, 0.4) is 0 Å². The Kier molecular flexibility index (Phi) is 5.55. The number of aliphatic hydroxyl groups is 1. The predicted octanol–water partition coefficient (Wildman–Crippen LogP) is 3.66. The molecule has 0 bridgehead atoms. The monoisotopic (exact) mass is 392 g/mol. The van der Waals surface area contributed by atoms with Gasteiger partial charge in [0.2, 0.25) is 5.16 Å². The van der Waals surface area contributed by atoms with E-state index in [0.717, 1.165) is 22.2 Å². The van der Waals surface area contributed by atoms with Crippen LogP contribution in [0, 0.1) is 6.92 Å². The first kappa shape index (κ1) is 18.5. The lowest BCUT2D eigenvalue weighted by Crippen LogP contribution is -2.20. The van der Waals surface area contributed by atoms with E-state index in [2.05, 4.69) is 21.6 Å². The third-order valence-electron chi connectivity index (χ3n) is 4.29. The van der Waals surface area contributed by atoms with Crippen LogP contribution in [-0.2, 0) is 0 Å². The summed E-state index contributed by atoms with van der Waals surface area (Å²) in [5.41, 5.74) is 2.06. The van der Waals surface area contributed by atoms with E-state index in [1.807, 2.05) is 67.6 Å². The molecule has 142 valence electrons. The third kappa shape index (κ3) is 4.32. The number of rotatable bonds is 7. The molecule has 1 atom stereocenters. The van der Waals surface area contributed by atoms with Crippen LogP contribution in [0.15, 0.2) is 71.9 Å². The summed E-state index contributed by atoms with van der Waals surface area (Å²) in [6, 6.07) is 22.0. The van der Waals surface area contributed by atoms with Gasteiger partial charge in [0.25, 0.3) is 0 Å². The Labute approximate surface area is 167 Å². The van der Waals surface area contributed by atoms with Crippen LogP contribution in [0.1, 0.15) is 5.56 Å². The Hall–Kier alpha value is -2.90. The van der Waals surface area contributed by atoms with E-state index in [9.17, 15) is 5.11 Å². The molecule has 6 nitrogen and oxygen atoms in total. The molecule has 1 heterocycles. The third-order valence-corrected chi connectivity index (χ3v) is 5.35. The van der Waals surface area contributed by atoms with Crippen molar-refractivity contribution in [3.05, 3.63) is 72.3 Å². The molecule has 4 aromatic rings. The van der Waals surface area contributed by atoms with Gasteiger partial charge in [0.05, 0.1) is 11.8 Å². The summed E-state index contributed by atoms with van der Waals surface area (Å²) in [4.78, 5) is 0. The van der Waals surface area contributed by atoms with Crippen LogP contribution in [0.5, 0.6) is 5.75 Å². The van der Waals surface area contributed by atoms with Crippen molar-refractivity contribution in [2.24, 2.45) is 0 Å². The molecule has 0 aliphatic carbocycles. The van der Waals surface area contributed by atoms with Crippen molar-refractivity contribution >= 4 is 22.5 Å². The topological polar surface area (TPSA) is 73.1 Å². The van der Waals surface area contributed by atoms with Crippen LogP contribution >= 0.6 is 11.8 Å². The standard InChI is InChI=1S/C21H20N4O2S/c1-15-6-9-18(10-7-15)25-21(22-23-24-25)28-14-19(26)13-27-20-11-8-16-4-2-3-5-17(16)12-20/h2-12,19,26H,13-14H2,1H3. The zero-order valence-corrected chi connectivity index (χ0v) is 16.2. The molecule has 0 aliphatic rings. The maximum Gasteiger partial charge on any atom is 0.214 e. The number of tetrazole rings is 1. The lowest BCUT2D eigenvalue weighted by molar-refractivity contribution is 0.126. The summed E-state index contributed by atoms with van der Waals surface area (Å²) >= 11 is 1.40. The fraction of sp³-hybridized carbons (Fsp3) is 0.190. The zero-order chi connectivity index (χ0) is 19.3. The van der Waals surface area contributed by atoms with E-state index in [4.69, 9.17) is 4.74 Å². The summed E-state index contributed by atoms with van der Waals surface area (Å²) in [7, 11) is 0. The van der Waals surface area contributed by atoms with Gasteiger partial charge in [-0.1, -0.05) is 59.8 Å². The lowest BCUT2D eigenvalue weighted by Gasteiger charge is -2.12. The molecule has 0 saturated heterocycles. The minimum atomic E-state index is -0.639. The average Bonchev–Trinajstić information content (AvgIpc) is 3.20. The Bertz CT molecular complexity index is 1070. The summed E-state index contributed by atoms with van der Waals surface area (Å²) in [6.07, 6.45) is -0.639.